The maximum absolute atomic E-state index is 4.07. The normalized spacial score (nSPS) is 16.4. The molecule has 1 heterocycles. The predicted octanol–water partition coefficient (Wildman–Crippen LogP) is 1.54. The van der Waals surface area contributed by atoms with Gasteiger partial charge in [0.15, 0.2) is 0 Å². The molecule has 1 aliphatic rings. The predicted molar refractivity (Wildman–Crippen MR) is 43.7 cm³/mol. The molecule has 0 atom stereocenters. The van der Waals surface area contributed by atoms with Gasteiger partial charge in [0.25, 0.3) is 0 Å². The maximum atomic E-state index is 4.07. The van der Waals surface area contributed by atoms with Crippen LogP contribution in [0.15, 0.2) is 42.2 Å². The Morgan fingerprint density at radius 3 is 3.00 bits per heavy atom. The van der Waals surface area contributed by atoms with E-state index >= 15 is 0 Å². The Bertz CT molecular complexity index is 201. The Morgan fingerprint density at radius 1 is 1.60 bits per heavy atom. The van der Waals surface area contributed by atoms with E-state index in [9.17, 15) is 0 Å². The van der Waals surface area contributed by atoms with Crippen molar-refractivity contribution in [2.45, 2.75) is 0 Å². The van der Waals surface area contributed by atoms with Gasteiger partial charge < -0.3 is 4.90 Å². The van der Waals surface area contributed by atoms with Gasteiger partial charge in [0.05, 0.1) is 0 Å². The van der Waals surface area contributed by atoms with Crippen LogP contribution >= 0.6 is 0 Å². The average Bonchev–Trinajstić information content (AvgIpc) is 2.05. The highest BCUT2D eigenvalue weighted by Crippen LogP contribution is 2.02. The second kappa shape index (κ2) is 3.01. The van der Waals surface area contributed by atoms with E-state index in [0.717, 1.165) is 5.57 Å². The van der Waals surface area contributed by atoms with E-state index in [1.165, 1.54) is 0 Å². The van der Waals surface area contributed by atoms with Crippen molar-refractivity contribution in [3.05, 3.63) is 37.2 Å². The number of aliphatic imine (C=N–C) groups is 1. The Morgan fingerprint density at radius 2 is 2.40 bits per heavy atom. The van der Waals surface area contributed by atoms with E-state index in [1.54, 1.807) is 18.5 Å². The van der Waals surface area contributed by atoms with Crippen LogP contribution in [0.3, 0.4) is 0 Å². The van der Waals surface area contributed by atoms with Crippen LogP contribution in [0.4, 0.5) is 0 Å². The highest BCUT2D eigenvalue weighted by Gasteiger charge is 1.97. The first-order valence-electron chi connectivity index (χ1n) is 3.09. The molecule has 0 aliphatic carbocycles. The molecule has 52 valence electrons. The van der Waals surface area contributed by atoms with Gasteiger partial charge >= 0.3 is 0 Å². The summed E-state index contributed by atoms with van der Waals surface area (Å²) in [6, 6.07) is 0. The van der Waals surface area contributed by atoms with Gasteiger partial charge in [-0.1, -0.05) is 19.2 Å². The van der Waals surface area contributed by atoms with Crippen molar-refractivity contribution in [2.24, 2.45) is 4.99 Å². The molecule has 2 nitrogen and oxygen atoms in total. The van der Waals surface area contributed by atoms with Crippen molar-refractivity contribution in [2.75, 3.05) is 6.67 Å². The average molecular weight is 134 g/mol. The first kappa shape index (κ1) is 6.81. The molecule has 0 spiro atoms. The lowest BCUT2D eigenvalue weighted by Gasteiger charge is -2.15. The number of allylic oxidation sites excluding steroid dienone is 2. The van der Waals surface area contributed by atoms with Gasteiger partial charge in [-0.15, -0.1) is 0 Å². The fourth-order valence-electron chi connectivity index (χ4n) is 0.722. The van der Waals surface area contributed by atoms with E-state index in [2.05, 4.69) is 18.2 Å². The minimum absolute atomic E-state index is 0.668. The van der Waals surface area contributed by atoms with E-state index in [0.29, 0.717) is 6.67 Å². The topological polar surface area (TPSA) is 15.6 Å². The lowest BCUT2D eigenvalue weighted by Crippen LogP contribution is -2.13. The second-order valence-electron chi connectivity index (χ2n) is 1.98. The van der Waals surface area contributed by atoms with Crippen molar-refractivity contribution < 1.29 is 0 Å². The zero-order chi connectivity index (χ0) is 7.40. The second-order valence-corrected chi connectivity index (χ2v) is 1.98. The summed E-state index contributed by atoms with van der Waals surface area (Å²) in [6.45, 7) is 7.93. The third-order valence-electron chi connectivity index (χ3n) is 1.27. The van der Waals surface area contributed by atoms with Crippen LogP contribution < -0.4 is 0 Å². The zero-order valence-corrected chi connectivity index (χ0v) is 5.83. The smallest absolute Gasteiger partial charge is 0.113 e. The lowest BCUT2D eigenvalue weighted by atomic mass is 10.3. The van der Waals surface area contributed by atoms with Gasteiger partial charge in [0.2, 0.25) is 0 Å². The first-order chi connectivity index (χ1) is 4.86. The summed E-state index contributed by atoms with van der Waals surface area (Å²) in [4.78, 5) is 5.97. The standard InChI is InChI=1S/C8H10N2/c1-3-8-5-9-7-10(4-2)6-8/h3-6H,1-2,7H2. The summed E-state index contributed by atoms with van der Waals surface area (Å²) in [5, 5.41) is 0. The summed E-state index contributed by atoms with van der Waals surface area (Å²) in [6.07, 6.45) is 7.25. The fourth-order valence-corrected chi connectivity index (χ4v) is 0.722. The highest BCUT2D eigenvalue weighted by atomic mass is 15.2. The molecule has 0 amide bonds. The summed E-state index contributed by atoms with van der Waals surface area (Å²) in [7, 11) is 0. The summed E-state index contributed by atoms with van der Waals surface area (Å²) in [5.41, 5.74) is 1.02. The molecular weight excluding hydrogens is 124 g/mol. The summed E-state index contributed by atoms with van der Waals surface area (Å²) >= 11 is 0. The lowest BCUT2D eigenvalue weighted by molar-refractivity contribution is 0.519. The molecule has 10 heavy (non-hydrogen) atoms. The monoisotopic (exact) mass is 134 g/mol. The molecule has 0 saturated carbocycles. The van der Waals surface area contributed by atoms with Gasteiger partial charge in [-0.3, -0.25) is 4.99 Å². The van der Waals surface area contributed by atoms with Gasteiger partial charge in [-0.2, -0.15) is 0 Å². The van der Waals surface area contributed by atoms with Gasteiger partial charge in [0, 0.05) is 18.0 Å². The van der Waals surface area contributed by atoms with Crippen LogP contribution in [-0.2, 0) is 0 Å². The van der Waals surface area contributed by atoms with Crippen molar-refractivity contribution in [1.82, 2.24) is 4.90 Å². The molecule has 1 rings (SSSR count). The molecule has 0 unspecified atom stereocenters. The molecule has 0 radical (unpaired) electrons. The third kappa shape index (κ3) is 1.35. The Balaban J connectivity index is 2.73. The van der Waals surface area contributed by atoms with Crippen LogP contribution in [-0.4, -0.2) is 17.8 Å². The molecule has 1 aliphatic heterocycles. The first-order valence-corrected chi connectivity index (χ1v) is 3.09. The van der Waals surface area contributed by atoms with E-state index in [1.807, 2.05) is 11.1 Å². The van der Waals surface area contributed by atoms with E-state index in [-0.39, 0.29) is 0 Å². The van der Waals surface area contributed by atoms with Crippen molar-refractivity contribution >= 4 is 6.21 Å². The molecule has 0 saturated heterocycles. The molecule has 0 aromatic rings. The minimum Gasteiger partial charge on any atom is -0.334 e. The van der Waals surface area contributed by atoms with Crippen LogP contribution in [0.2, 0.25) is 0 Å². The third-order valence-corrected chi connectivity index (χ3v) is 1.27. The van der Waals surface area contributed by atoms with Crippen LogP contribution in [0.1, 0.15) is 0 Å². The molecule has 0 N–H and O–H groups in total. The van der Waals surface area contributed by atoms with Crippen molar-refractivity contribution in [1.29, 1.82) is 0 Å². The number of hydrogen-bond donors (Lipinski definition) is 0. The van der Waals surface area contributed by atoms with Crippen LogP contribution in [0, 0.1) is 0 Å². The zero-order valence-electron chi connectivity index (χ0n) is 5.83. The SMILES string of the molecule is C=CC1=CN(C=C)CN=C1. The Labute approximate surface area is 60.9 Å². The van der Waals surface area contributed by atoms with Gasteiger partial charge in [-0.25, -0.2) is 0 Å². The summed E-state index contributed by atoms with van der Waals surface area (Å²) in [5.74, 6) is 0. The van der Waals surface area contributed by atoms with Crippen LogP contribution in [0.5, 0.6) is 0 Å². The van der Waals surface area contributed by atoms with Crippen molar-refractivity contribution in [3.63, 3.8) is 0 Å². The largest absolute Gasteiger partial charge is 0.334 e. The van der Waals surface area contributed by atoms with Gasteiger partial charge in [-0.05, 0) is 6.20 Å². The highest BCUT2D eigenvalue weighted by molar-refractivity contribution is 5.82. The van der Waals surface area contributed by atoms with E-state index in [4.69, 9.17) is 0 Å². The quantitative estimate of drug-likeness (QED) is 0.559. The van der Waals surface area contributed by atoms with Crippen LogP contribution in [0.25, 0.3) is 0 Å². The maximum Gasteiger partial charge on any atom is 0.113 e. The Kier molecular flexibility index (Phi) is 2.05. The Hall–Kier alpha value is -1.31. The molecule has 0 bridgehead atoms. The molecular formula is C8H10N2. The summed E-state index contributed by atoms with van der Waals surface area (Å²) < 4.78 is 0. The van der Waals surface area contributed by atoms with Gasteiger partial charge in [0.1, 0.15) is 6.67 Å². The molecule has 2 heteroatoms. The molecule has 0 fully saturated rings. The van der Waals surface area contributed by atoms with Crippen molar-refractivity contribution in [3.8, 4) is 0 Å². The number of rotatable bonds is 2. The molecule has 0 aromatic carbocycles. The van der Waals surface area contributed by atoms with E-state index < -0.39 is 0 Å². The minimum atomic E-state index is 0.668. The number of nitrogens with zero attached hydrogens (tertiary/aromatic N) is 2. The molecule has 0 aromatic heterocycles. The number of hydrogen-bond acceptors (Lipinski definition) is 2. The fraction of sp³-hybridized carbons (Fsp3) is 0.125.